The summed E-state index contributed by atoms with van der Waals surface area (Å²) in [6.45, 7) is 5.19. The van der Waals surface area contributed by atoms with E-state index in [1.807, 2.05) is 36.1 Å². The number of hydrogen-bond acceptors (Lipinski definition) is 4. The standard InChI is InChI=1S/C15H21BrN4O2/c1-11(15(22)18-13-4-2-12(16)3-5-13)20-8-6-19(7-9-20)10-14(17)21/h2-5,11H,6-10H2,1H3,(H2,17,21)(H,18,22). The van der Waals surface area contributed by atoms with Gasteiger partial charge in [0.15, 0.2) is 0 Å². The van der Waals surface area contributed by atoms with Crippen LogP contribution in [0.4, 0.5) is 5.69 Å². The van der Waals surface area contributed by atoms with Gasteiger partial charge in [0.1, 0.15) is 0 Å². The van der Waals surface area contributed by atoms with Gasteiger partial charge in [0.25, 0.3) is 0 Å². The highest BCUT2D eigenvalue weighted by Gasteiger charge is 2.25. The number of benzene rings is 1. The molecule has 0 aliphatic carbocycles. The second kappa shape index (κ2) is 7.71. The van der Waals surface area contributed by atoms with Crippen molar-refractivity contribution in [2.24, 2.45) is 5.73 Å². The van der Waals surface area contributed by atoms with Crippen molar-refractivity contribution in [2.45, 2.75) is 13.0 Å². The molecule has 7 heteroatoms. The van der Waals surface area contributed by atoms with Gasteiger partial charge in [-0.2, -0.15) is 0 Å². The van der Waals surface area contributed by atoms with Crippen molar-refractivity contribution in [3.8, 4) is 0 Å². The van der Waals surface area contributed by atoms with Crippen LogP contribution in [0.15, 0.2) is 28.7 Å². The van der Waals surface area contributed by atoms with E-state index >= 15 is 0 Å². The van der Waals surface area contributed by atoms with Crippen LogP contribution >= 0.6 is 15.9 Å². The molecule has 1 saturated heterocycles. The Kier molecular flexibility index (Phi) is 5.93. The van der Waals surface area contributed by atoms with E-state index in [1.165, 1.54) is 0 Å². The van der Waals surface area contributed by atoms with Gasteiger partial charge in [0.05, 0.1) is 12.6 Å². The Labute approximate surface area is 138 Å². The van der Waals surface area contributed by atoms with Crippen molar-refractivity contribution < 1.29 is 9.59 Å². The van der Waals surface area contributed by atoms with E-state index in [0.29, 0.717) is 0 Å². The molecule has 0 saturated carbocycles. The van der Waals surface area contributed by atoms with Gasteiger partial charge in [0.2, 0.25) is 11.8 Å². The summed E-state index contributed by atoms with van der Waals surface area (Å²) in [4.78, 5) is 27.4. The van der Waals surface area contributed by atoms with Gasteiger partial charge < -0.3 is 11.1 Å². The van der Waals surface area contributed by atoms with E-state index in [1.54, 1.807) is 0 Å². The maximum absolute atomic E-state index is 12.3. The van der Waals surface area contributed by atoms with E-state index in [4.69, 9.17) is 5.73 Å². The molecule has 1 heterocycles. The Hall–Kier alpha value is -1.44. The summed E-state index contributed by atoms with van der Waals surface area (Å²) in [5.41, 5.74) is 5.99. The third-order valence-corrected chi connectivity index (χ3v) is 4.35. The van der Waals surface area contributed by atoms with Crippen LogP contribution in [0.2, 0.25) is 0 Å². The summed E-state index contributed by atoms with van der Waals surface area (Å²) in [5.74, 6) is -0.333. The molecule has 0 bridgehead atoms. The molecule has 22 heavy (non-hydrogen) atoms. The number of carbonyl (C=O) groups excluding carboxylic acids is 2. The molecule has 1 aromatic carbocycles. The second-order valence-electron chi connectivity index (χ2n) is 5.45. The quantitative estimate of drug-likeness (QED) is 0.808. The zero-order chi connectivity index (χ0) is 16.1. The van der Waals surface area contributed by atoms with Crippen molar-refractivity contribution in [1.82, 2.24) is 9.80 Å². The predicted octanol–water partition coefficient (Wildman–Crippen LogP) is 0.879. The van der Waals surface area contributed by atoms with E-state index in [0.717, 1.165) is 36.3 Å². The monoisotopic (exact) mass is 368 g/mol. The first-order chi connectivity index (χ1) is 10.5. The lowest BCUT2D eigenvalue weighted by atomic mass is 10.2. The molecule has 1 aromatic rings. The Balaban J connectivity index is 1.84. The van der Waals surface area contributed by atoms with Crippen LogP contribution in [0.3, 0.4) is 0 Å². The Morgan fingerprint density at radius 1 is 1.23 bits per heavy atom. The number of hydrogen-bond donors (Lipinski definition) is 2. The fourth-order valence-corrected chi connectivity index (χ4v) is 2.74. The summed E-state index contributed by atoms with van der Waals surface area (Å²) in [7, 11) is 0. The zero-order valence-corrected chi connectivity index (χ0v) is 14.2. The maximum atomic E-state index is 12.3. The minimum absolute atomic E-state index is 0.0225. The number of amides is 2. The molecule has 0 radical (unpaired) electrons. The molecule has 1 atom stereocenters. The van der Waals surface area contributed by atoms with Crippen LogP contribution in [0.1, 0.15) is 6.92 Å². The van der Waals surface area contributed by atoms with Crippen molar-refractivity contribution >= 4 is 33.4 Å². The van der Waals surface area contributed by atoms with Crippen LogP contribution in [0.25, 0.3) is 0 Å². The van der Waals surface area contributed by atoms with Crippen LogP contribution in [-0.2, 0) is 9.59 Å². The smallest absolute Gasteiger partial charge is 0.241 e. The Morgan fingerprint density at radius 2 is 1.82 bits per heavy atom. The van der Waals surface area contributed by atoms with E-state index in [-0.39, 0.29) is 24.4 Å². The molecule has 3 N–H and O–H groups in total. The molecular weight excluding hydrogens is 348 g/mol. The third kappa shape index (κ3) is 4.79. The lowest BCUT2D eigenvalue weighted by Gasteiger charge is -2.36. The number of nitrogens with one attached hydrogen (secondary N) is 1. The van der Waals surface area contributed by atoms with Gasteiger partial charge in [-0.05, 0) is 31.2 Å². The topological polar surface area (TPSA) is 78.7 Å². The van der Waals surface area contributed by atoms with E-state index < -0.39 is 0 Å². The first kappa shape index (κ1) is 16.9. The van der Waals surface area contributed by atoms with Crippen LogP contribution < -0.4 is 11.1 Å². The normalized spacial score (nSPS) is 17.9. The number of piperazine rings is 1. The molecule has 1 unspecified atom stereocenters. The predicted molar refractivity (Wildman–Crippen MR) is 89.4 cm³/mol. The fourth-order valence-electron chi connectivity index (χ4n) is 2.47. The number of halogens is 1. The number of nitrogens with zero attached hydrogens (tertiary/aromatic N) is 2. The van der Waals surface area contributed by atoms with E-state index in [9.17, 15) is 9.59 Å². The summed E-state index contributed by atoms with van der Waals surface area (Å²) < 4.78 is 0.976. The van der Waals surface area contributed by atoms with Gasteiger partial charge in [-0.3, -0.25) is 19.4 Å². The maximum Gasteiger partial charge on any atom is 0.241 e. The van der Waals surface area contributed by atoms with Crippen molar-refractivity contribution in [2.75, 3.05) is 38.0 Å². The van der Waals surface area contributed by atoms with Crippen molar-refractivity contribution in [3.05, 3.63) is 28.7 Å². The van der Waals surface area contributed by atoms with Crippen LogP contribution in [0, 0.1) is 0 Å². The SMILES string of the molecule is CC(C(=O)Nc1ccc(Br)cc1)N1CCN(CC(N)=O)CC1. The lowest BCUT2D eigenvalue weighted by Crippen LogP contribution is -2.53. The molecule has 1 fully saturated rings. The van der Waals surface area contributed by atoms with Crippen molar-refractivity contribution in [3.63, 3.8) is 0 Å². The number of anilines is 1. The average molecular weight is 369 g/mol. The highest BCUT2D eigenvalue weighted by molar-refractivity contribution is 9.10. The van der Waals surface area contributed by atoms with Gasteiger partial charge in [-0.25, -0.2) is 0 Å². The second-order valence-corrected chi connectivity index (χ2v) is 6.37. The van der Waals surface area contributed by atoms with Gasteiger partial charge >= 0.3 is 0 Å². The summed E-state index contributed by atoms with van der Waals surface area (Å²) in [5, 5.41) is 2.92. The molecule has 1 aliphatic rings. The van der Waals surface area contributed by atoms with E-state index in [2.05, 4.69) is 26.1 Å². The molecular formula is C15H21BrN4O2. The van der Waals surface area contributed by atoms with Crippen molar-refractivity contribution in [1.29, 1.82) is 0 Å². The fraction of sp³-hybridized carbons (Fsp3) is 0.467. The minimum atomic E-state index is -0.311. The Bertz CT molecular complexity index is 527. The van der Waals surface area contributed by atoms with Crippen LogP contribution in [0.5, 0.6) is 0 Å². The lowest BCUT2D eigenvalue weighted by molar-refractivity contribution is -0.123. The third-order valence-electron chi connectivity index (χ3n) is 3.83. The van der Waals surface area contributed by atoms with Gasteiger partial charge in [-0.15, -0.1) is 0 Å². The van der Waals surface area contributed by atoms with Gasteiger partial charge in [0, 0.05) is 36.3 Å². The van der Waals surface area contributed by atoms with Gasteiger partial charge in [-0.1, -0.05) is 15.9 Å². The summed E-state index contributed by atoms with van der Waals surface area (Å²) in [6, 6.07) is 7.30. The molecule has 120 valence electrons. The molecule has 0 aromatic heterocycles. The molecule has 2 amide bonds. The first-order valence-electron chi connectivity index (χ1n) is 7.27. The van der Waals surface area contributed by atoms with Crippen LogP contribution in [-0.4, -0.2) is 60.4 Å². The number of carbonyl (C=O) groups is 2. The molecule has 1 aliphatic heterocycles. The zero-order valence-electron chi connectivity index (χ0n) is 12.6. The highest BCUT2D eigenvalue weighted by Crippen LogP contribution is 2.15. The number of rotatable bonds is 5. The molecule has 0 spiro atoms. The first-order valence-corrected chi connectivity index (χ1v) is 8.06. The number of primary amides is 1. The number of nitrogens with two attached hydrogens (primary N) is 1. The summed E-state index contributed by atoms with van der Waals surface area (Å²) in [6.07, 6.45) is 0. The average Bonchev–Trinajstić information content (AvgIpc) is 2.49. The molecule has 6 nitrogen and oxygen atoms in total. The summed E-state index contributed by atoms with van der Waals surface area (Å²) >= 11 is 3.37. The highest BCUT2D eigenvalue weighted by atomic mass is 79.9. The Morgan fingerprint density at radius 3 is 2.36 bits per heavy atom. The largest absolute Gasteiger partial charge is 0.369 e. The minimum Gasteiger partial charge on any atom is -0.369 e. The molecule has 2 rings (SSSR count).